The van der Waals surface area contributed by atoms with Crippen molar-refractivity contribution in [3.8, 4) is 5.75 Å². The lowest BCUT2D eigenvalue weighted by atomic mass is 10.0. The van der Waals surface area contributed by atoms with Crippen LogP contribution < -0.4 is 14.5 Å². The van der Waals surface area contributed by atoms with E-state index in [1.165, 1.54) is 18.3 Å². The number of sulfonamides is 1. The van der Waals surface area contributed by atoms with Crippen molar-refractivity contribution in [2.75, 3.05) is 10.8 Å². The smallest absolute Gasteiger partial charge is 0.264 e. The summed E-state index contributed by atoms with van der Waals surface area (Å²) in [6, 6.07) is 28.3. The van der Waals surface area contributed by atoms with Crippen molar-refractivity contribution in [3.63, 3.8) is 0 Å². The SMILES string of the molecule is Cc1ccc(S(=O)(=O)N(CC(=O)N/N=C\c2ccc(OCc3ccccc3Cl)cc2)c2ccc(C(C)C)cc2)cc1. The van der Waals surface area contributed by atoms with Gasteiger partial charge in [0.1, 0.15) is 18.9 Å². The maximum atomic E-state index is 13.6. The quantitative estimate of drug-likeness (QED) is 0.156. The number of nitrogens with one attached hydrogen (secondary N) is 1. The largest absolute Gasteiger partial charge is 0.489 e. The molecule has 0 saturated carbocycles. The number of carbonyl (C=O) groups excluding carboxylic acids is 1. The Labute approximate surface area is 246 Å². The average Bonchev–Trinajstić information content (AvgIpc) is 2.96. The van der Waals surface area contributed by atoms with E-state index in [-0.39, 0.29) is 10.8 Å². The van der Waals surface area contributed by atoms with Crippen LogP contribution in [0.25, 0.3) is 0 Å². The van der Waals surface area contributed by atoms with Crippen molar-refractivity contribution in [1.82, 2.24) is 5.43 Å². The standard InChI is InChI=1S/C32H32ClN3O4S/c1-23(2)26-12-14-28(15-13-26)36(41(38,39)30-18-8-24(3)9-19-30)21-32(37)35-34-20-25-10-16-29(17-11-25)40-22-27-6-4-5-7-31(27)33/h4-20,23H,21-22H2,1-3H3,(H,35,37)/b34-20-. The van der Waals surface area contributed by atoms with Gasteiger partial charge >= 0.3 is 0 Å². The first kappa shape index (κ1) is 29.8. The van der Waals surface area contributed by atoms with Crippen LogP contribution in [-0.4, -0.2) is 27.1 Å². The summed E-state index contributed by atoms with van der Waals surface area (Å²) in [6.45, 7) is 5.89. The van der Waals surface area contributed by atoms with E-state index in [2.05, 4.69) is 24.4 Å². The number of hydrogen-bond donors (Lipinski definition) is 1. The van der Waals surface area contributed by atoms with Crippen molar-refractivity contribution in [3.05, 3.63) is 124 Å². The second-order valence-electron chi connectivity index (χ2n) is 9.81. The van der Waals surface area contributed by atoms with Crippen LogP contribution in [0.1, 0.15) is 42.0 Å². The van der Waals surface area contributed by atoms with E-state index in [0.717, 1.165) is 26.6 Å². The number of anilines is 1. The first-order valence-electron chi connectivity index (χ1n) is 13.1. The van der Waals surface area contributed by atoms with E-state index in [4.69, 9.17) is 16.3 Å². The summed E-state index contributed by atoms with van der Waals surface area (Å²) >= 11 is 6.18. The van der Waals surface area contributed by atoms with Crippen molar-refractivity contribution in [2.24, 2.45) is 5.10 Å². The molecule has 0 spiro atoms. The summed E-state index contributed by atoms with van der Waals surface area (Å²) < 4.78 is 34.0. The van der Waals surface area contributed by atoms with Crippen LogP contribution in [0.3, 0.4) is 0 Å². The number of hydrogen-bond acceptors (Lipinski definition) is 5. The molecule has 0 heterocycles. The Morgan fingerprint density at radius 1 is 0.951 bits per heavy atom. The zero-order valence-corrected chi connectivity index (χ0v) is 24.7. The number of halogens is 1. The maximum absolute atomic E-state index is 13.6. The normalized spacial score (nSPS) is 11.5. The number of hydrazone groups is 1. The number of aryl methyl sites for hydroxylation is 1. The van der Waals surface area contributed by atoms with Crippen LogP contribution >= 0.6 is 11.6 Å². The number of benzene rings is 4. The molecule has 0 unspecified atom stereocenters. The molecule has 1 N–H and O–H groups in total. The molecular weight excluding hydrogens is 558 g/mol. The topological polar surface area (TPSA) is 88.1 Å². The lowest BCUT2D eigenvalue weighted by Crippen LogP contribution is -2.39. The number of rotatable bonds is 11. The van der Waals surface area contributed by atoms with Gasteiger partial charge in [-0.2, -0.15) is 5.10 Å². The van der Waals surface area contributed by atoms with Crippen LogP contribution in [0.2, 0.25) is 5.02 Å². The Morgan fingerprint density at radius 2 is 1.61 bits per heavy atom. The first-order valence-corrected chi connectivity index (χ1v) is 14.9. The molecule has 0 radical (unpaired) electrons. The summed E-state index contributed by atoms with van der Waals surface area (Å²) in [5, 5.41) is 4.67. The monoisotopic (exact) mass is 589 g/mol. The van der Waals surface area contributed by atoms with Gasteiger partial charge in [0.05, 0.1) is 16.8 Å². The zero-order chi connectivity index (χ0) is 29.4. The van der Waals surface area contributed by atoms with Crippen LogP contribution in [-0.2, 0) is 21.4 Å². The van der Waals surface area contributed by atoms with Crippen LogP contribution in [0.4, 0.5) is 5.69 Å². The van der Waals surface area contributed by atoms with E-state index in [9.17, 15) is 13.2 Å². The molecule has 9 heteroatoms. The Morgan fingerprint density at radius 3 is 2.24 bits per heavy atom. The molecule has 41 heavy (non-hydrogen) atoms. The van der Waals surface area contributed by atoms with Gasteiger partial charge in [-0.25, -0.2) is 13.8 Å². The second-order valence-corrected chi connectivity index (χ2v) is 12.1. The highest BCUT2D eigenvalue weighted by atomic mass is 35.5. The third-order valence-electron chi connectivity index (χ3n) is 6.38. The minimum absolute atomic E-state index is 0.101. The molecule has 0 aromatic heterocycles. The van der Waals surface area contributed by atoms with E-state index < -0.39 is 22.5 Å². The Bertz CT molecular complexity index is 1600. The Kier molecular flexibility index (Phi) is 9.81. The number of ether oxygens (including phenoxy) is 1. The molecule has 4 rings (SSSR count). The van der Waals surface area contributed by atoms with Gasteiger partial charge in [0.15, 0.2) is 0 Å². The first-order chi connectivity index (χ1) is 19.6. The summed E-state index contributed by atoms with van der Waals surface area (Å²) in [5.41, 5.74) is 6.44. The fourth-order valence-corrected chi connectivity index (χ4v) is 5.56. The van der Waals surface area contributed by atoms with Crippen LogP contribution in [0.5, 0.6) is 5.75 Å². The number of amides is 1. The summed E-state index contributed by atoms with van der Waals surface area (Å²) in [5.74, 6) is 0.364. The molecule has 0 fully saturated rings. The third-order valence-corrected chi connectivity index (χ3v) is 8.54. The predicted molar refractivity (Wildman–Crippen MR) is 164 cm³/mol. The highest BCUT2D eigenvalue weighted by molar-refractivity contribution is 7.92. The summed E-state index contributed by atoms with van der Waals surface area (Å²) in [4.78, 5) is 13.0. The highest BCUT2D eigenvalue weighted by Crippen LogP contribution is 2.26. The van der Waals surface area contributed by atoms with Crippen LogP contribution in [0.15, 0.2) is 107 Å². The fourth-order valence-electron chi connectivity index (χ4n) is 3.95. The molecule has 4 aromatic carbocycles. The summed E-state index contributed by atoms with van der Waals surface area (Å²) in [6.07, 6.45) is 1.48. The van der Waals surface area contributed by atoms with Crippen LogP contribution in [0, 0.1) is 6.92 Å². The third kappa shape index (κ3) is 7.96. The van der Waals surface area contributed by atoms with Crippen molar-refractivity contribution in [2.45, 2.75) is 38.2 Å². The molecule has 0 aliphatic rings. The molecule has 4 aromatic rings. The molecule has 212 valence electrons. The Balaban J connectivity index is 1.43. The molecular formula is C32H32ClN3O4S. The lowest BCUT2D eigenvalue weighted by molar-refractivity contribution is -0.119. The van der Waals surface area contributed by atoms with Gasteiger partial charge in [0.2, 0.25) is 0 Å². The molecule has 0 atom stereocenters. The van der Waals surface area contributed by atoms with Gasteiger partial charge in [-0.15, -0.1) is 0 Å². The summed E-state index contributed by atoms with van der Waals surface area (Å²) in [7, 11) is -4.01. The lowest BCUT2D eigenvalue weighted by Gasteiger charge is -2.24. The van der Waals surface area contributed by atoms with Gasteiger partial charge < -0.3 is 4.74 Å². The molecule has 7 nitrogen and oxygen atoms in total. The van der Waals surface area contributed by atoms with Crippen molar-refractivity contribution < 1.29 is 17.9 Å². The number of carbonyl (C=O) groups is 1. The second kappa shape index (κ2) is 13.5. The van der Waals surface area contributed by atoms with Gasteiger partial charge in [-0.1, -0.05) is 73.5 Å². The molecule has 0 aliphatic heterocycles. The van der Waals surface area contributed by atoms with Gasteiger partial charge in [0.25, 0.3) is 15.9 Å². The van der Waals surface area contributed by atoms with E-state index in [0.29, 0.717) is 23.1 Å². The van der Waals surface area contributed by atoms with Gasteiger partial charge in [0, 0.05) is 10.6 Å². The minimum atomic E-state index is -4.01. The molecule has 0 bridgehead atoms. The molecule has 0 aliphatic carbocycles. The molecule has 0 saturated heterocycles. The van der Waals surface area contributed by atoms with Gasteiger partial charge in [-0.3, -0.25) is 9.10 Å². The minimum Gasteiger partial charge on any atom is -0.489 e. The van der Waals surface area contributed by atoms with E-state index in [1.807, 2.05) is 43.3 Å². The van der Waals surface area contributed by atoms with Gasteiger partial charge in [-0.05, 0) is 78.6 Å². The number of nitrogens with zero attached hydrogens (tertiary/aromatic N) is 2. The molecule has 1 amide bonds. The van der Waals surface area contributed by atoms with Crippen molar-refractivity contribution >= 4 is 39.4 Å². The van der Waals surface area contributed by atoms with E-state index in [1.54, 1.807) is 48.5 Å². The van der Waals surface area contributed by atoms with Crippen molar-refractivity contribution in [1.29, 1.82) is 0 Å². The fraction of sp³-hybridized carbons (Fsp3) is 0.188. The Hall–Kier alpha value is -4.14. The average molecular weight is 590 g/mol. The predicted octanol–water partition coefficient (Wildman–Crippen LogP) is 6.70. The maximum Gasteiger partial charge on any atom is 0.264 e. The van der Waals surface area contributed by atoms with E-state index >= 15 is 0 Å². The highest BCUT2D eigenvalue weighted by Gasteiger charge is 2.27. The zero-order valence-electron chi connectivity index (χ0n) is 23.1.